The third-order valence-electron chi connectivity index (χ3n) is 1.73. The van der Waals surface area contributed by atoms with Crippen LogP contribution in [0.25, 0.3) is 0 Å². The third kappa shape index (κ3) is 1.75. The summed E-state index contributed by atoms with van der Waals surface area (Å²) < 4.78 is 2.22. The van der Waals surface area contributed by atoms with Crippen molar-refractivity contribution in [2.45, 2.75) is 19.8 Å². The van der Waals surface area contributed by atoms with E-state index in [1.54, 1.807) is 0 Å². The minimum atomic E-state index is 0.948. The first kappa shape index (κ1) is 6.56. The topological polar surface area (TPSA) is 3.24 Å². The fraction of sp³-hybridized carbons (Fsp3) is 1.00. The van der Waals surface area contributed by atoms with Crippen LogP contribution < -0.4 is 0 Å². The van der Waals surface area contributed by atoms with Crippen LogP contribution in [0.4, 0.5) is 0 Å². The molecule has 48 valence electrons. The lowest BCUT2D eigenvalue weighted by Gasteiger charge is -2.24. The molecule has 2 heteroatoms. The van der Waals surface area contributed by atoms with Crippen molar-refractivity contribution in [3.05, 3.63) is 0 Å². The van der Waals surface area contributed by atoms with Crippen LogP contribution in [0.5, 0.6) is 0 Å². The third-order valence-corrected chi connectivity index (χ3v) is 2.44. The molecule has 0 aliphatic carbocycles. The van der Waals surface area contributed by atoms with Gasteiger partial charge in [-0.05, 0) is 18.8 Å². The molecule has 1 heterocycles. The molecule has 0 aromatic heterocycles. The monoisotopic (exact) mass is 177 g/mol. The highest BCUT2D eigenvalue weighted by molar-refractivity contribution is 9.07. The Labute approximate surface area is 59.4 Å². The van der Waals surface area contributed by atoms with Crippen molar-refractivity contribution in [2.75, 3.05) is 13.1 Å². The molecule has 0 aromatic rings. The minimum Gasteiger partial charge on any atom is -0.242 e. The smallest absolute Gasteiger partial charge is 0.0120 e. The highest BCUT2D eigenvalue weighted by atomic mass is 79.9. The maximum Gasteiger partial charge on any atom is 0.0120 e. The first-order valence-electron chi connectivity index (χ1n) is 3.20. The molecular formula is C6H12BrN. The SMILES string of the molecule is CC1CCN(Br)CC1. The number of halogens is 1. The van der Waals surface area contributed by atoms with Gasteiger partial charge in [0, 0.05) is 29.2 Å². The summed E-state index contributed by atoms with van der Waals surface area (Å²) in [7, 11) is 0. The van der Waals surface area contributed by atoms with Gasteiger partial charge in [-0.2, -0.15) is 0 Å². The van der Waals surface area contributed by atoms with Crippen molar-refractivity contribution >= 4 is 16.1 Å². The van der Waals surface area contributed by atoms with Gasteiger partial charge in [-0.3, -0.25) is 0 Å². The van der Waals surface area contributed by atoms with Crippen LogP contribution in [-0.2, 0) is 0 Å². The number of rotatable bonds is 0. The Kier molecular flexibility index (Phi) is 2.32. The minimum absolute atomic E-state index is 0.948. The molecule has 0 unspecified atom stereocenters. The van der Waals surface area contributed by atoms with E-state index in [2.05, 4.69) is 27.0 Å². The molecule has 1 fully saturated rings. The molecule has 0 aromatic carbocycles. The molecule has 0 atom stereocenters. The van der Waals surface area contributed by atoms with Crippen molar-refractivity contribution < 1.29 is 0 Å². The molecule has 0 N–H and O–H groups in total. The molecule has 0 amide bonds. The van der Waals surface area contributed by atoms with Crippen molar-refractivity contribution in [3.8, 4) is 0 Å². The summed E-state index contributed by atoms with van der Waals surface area (Å²) in [6.45, 7) is 4.77. The van der Waals surface area contributed by atoms with Crippen molar-refractivity contribution in [3.63, 3.8) is 0 Å². The van der Waals surface area contributed by atoms with Crippen LogP contribution in [0.15, 0.2) is 0 Å². The van der Waals surface area contributed by atoms with E-state index in [1.807, 2.05) is 0 Å². The molecule has 1 aliphatic heterocycles. The van der Waals surface area contributed by atoms with E-state index in [4.69, 9.17) is 0 Å². The Morgan fingerprint density at radius 2 is 1.88 bits per heavy atom. The Morgan fingerprint density at radius 1 is 1.38 bits per heavy atom. The number of hydrogen-bond acceptors (Lipinski definition) is 1. The van der Waals surface area contributed by atoms with Gasteiger partial charge in [0.25, 0.3) is 0 Å². The summed E-state index contributed by atoms with van der Waals surface area (Å²) in [5.74, 6) is 0.948. The second kappa shape index (κ2) is 2.83. The zero-order chi connectivity index (χ0) is 5.98. The lowest BCUT2D eigenvalue weighted by atomic mass is 10.0. The van der Waals surface area contributed by atoms with Crippen molar-refractivity contribution in [1.29, 1.82) is 0 Å². The largest absolute Gasteiger partial charge is 0.242 e. The van der Waals surface area contributed by atoms with E-state index in [0.29, 0.717) is 0 Å². The van der Waals surface area contributed by atoms with Gasteiger partial charge in [0.1, 0.15) is 0 Å². The highest BCUT2D eigenvalue weighted by Crippen LogP contribution is 2.17. The van der Waals surface area contributed by atoms with E-state index in [-0.39, 0.29) is 0 Å². The van der Waals surface area contributed by atoms with Gasteiger partial charge in [0.2, 0.25) is 0 Å². The normalized spacial score (nSPS) is 26.2. The van der Waals surface area contributed by atoms with Crippen molar-refractivity contribution in [2.24, 2.45) is 5.92 Å². The number of piperidine rings is 1. The Bertz CT molecular complexity index is 56.9. The molecule has 0 spiro atoms. The first-order chi connectivity index (χ1) is 3.79. The van der Waals surface area contributed by atoms with Gasteiger partial charge in [0.05, 0.1) is 0 Å². The van der Waals surface area contributed by atoms with Gasteiger partial charge in [-0.1, -0.05) is 6.92 Å². The second-order valence-electron chi connectivity index (χ2n) is 2.59. The standard InChI is InChI=1S/C6H12BrN/c1-6-2-4-8(7)5-3-6/h6H,2-5H2,1H3. The molecule has 8 heavy (non-hydrogen) atoms. The summed E-state index contributed by atoms with van der Waals surface area (Å²) in [4.78, 5) is 0. The zero-order valence-electron chi connectivity index (χ0n) is 5.23. The zero-order valence-corrected chi connectivity index (χ0v) is 6.82. The van der Waals surface area contributed by atoms with Gasteiger partial charge < -0.3 is 0 Å². The van der Waals surface area contributed by atoms with Gasteiger partial charge in [0.15, 0.2) is 0 Å². The average molecular weight is 178 g/mol. The fourth-order valence-electron chi connectivity index (χ4n) is 0.977. The predicted molar refractivity (Wildman–Crippen MR) is 38.9 cm³/mol. The quantitative estimate of drug-likeness (QED) is 0.513. The summed E-state index contributed by atoms with van der Waals surface area (Å²) in [6, 6.07) is 0. The van der Waals surface area contributed by atoms with Crippen LogP contribution in [-0.4, -0.2) is 17.0 Å². The van der Waals surface area contributed by atoms with E-state index in [0.717, 1.165) is 5.92 Å². The van der Waals surface area contributed by atoms with Gasteiger partial charge in [-0.25, -0.2) is 3.93 Å². The van der Waals surface area contributed by atoms with Crippen LogP contribution in [0.2, 0.25) is 0 Å². The molecule has 1 saturated heterocycles. The Balaban J connectivity index is 2.19. The number of nitrogens with zero attached hydrogens (tertiary/aromatic N) is 1. The molecule has 1 nitrogen and oxygen atoms in total. The van der Waals surface area contributed by atoms with Crippen molar-refractivity contribution in [1.82, 2.24) is 3.93 Å². The maximum atomic E-state index is 3.45. The summed E-state index contributed by atoms with van der Waals surface area (Å²) in [5, 5.41) is 0. The summed E-state index contributed by atoms with van der Waals surface area (Å²) in [6.07, 6.45) is 2.70. The molecule has 0 bridgehead atoms. The van der Waals surface area contributed by atoms with E-state index in [9.17, 15) is 0 Å². The predicted octanol–water partition coefficient (Wildman–Crippen LogP) is 2.03. The van der Waals surface area contributed by atoms with Crippen LogP contribution in [0.3, 0.4) is 0 Å². The van der Waals surface area contributed by atoms with E-state index in [1.165, 1.54) is 25.9 Å². The van der Waals surface area contributed by atoms with Gasteiger partial charge >= 0.3 is 0 Å². The molecule has 0 saturated carbocycles. The lowest BCUT2D eigenvalue weighted by molar-refractivity contribution is 0.316. The maximum absolute atomic E-state index is 3.45. The van der Waals surface area contributed by atoms with E-state index >= 15 is 0 Å². The second-order valence-corrected chi connectivity index (χ2v) is 3.60. The Hall–Kier alpha value is 0.440. The molecule has 0 radical (unpaired) electrons. The summed E-state index contributed by atoms with van der Waals surface area (Å²) >= 11 is 3.45. The molecule has 1 rings (SSSR count). The van der Waals surface area contributed by atoms with Gasteiger partial charge in [-0.15, -0.1) is 0 Å². The van der Waals surface area contributed by atoms with Crippen LogP contribution in [0, 0.1) is 5.92 Å². The van der Waals surface area contributed by atoms with Crippen LogP contribution >= 0.6 is 16.1 Å². The van der Waals surface area contributed by atoms with E-state index < -0.39 is 0 Å². The highest BCUT2D eigenvalue weighted by Gasteiger charge is 2.12. The molecular weight excluding hydrogens is 166 g/mol. The average Bonchev–Trinajstić information content (AvgIpc) is 1.77. The fourth-order valence-corrected chi connectivity index (χ4v) is 1.39. The lowest BCUT2D eigenvalue weighted by Crippen LogP contribution is -2.24. The summed E-state index contributed by atoms with van der Waals surface area (Å²) in [5.41, 5.74) is 0. The number of hydrogen-bond donors (Lipinski definition) is 0. The Morgan fingerprint density at radius 3 is 2.25 bits per heavy atom. The first-order valence-corrected chi connectivity index (χ1v) is 3.90. The van der Waals surface area contributed by atoms with Crippen LogP contribution in [0.1, 0.15) is 19.8 Å². The molecule has 1 aliphatic rings.